The van der Waals surface area contributed by atoms with E-state index < -0.39 is 0 Å². The molecule has 0 fully saturated rings. The van der Waals surface area contributed by atoms with Gasteiger partial charge in [-0.3, -0.25) is 4.79 Å². The standard InChI is InChI=1S/C20H23N5O2/c1-2-19(26)21-17-10-12-18(13-11-17)27-15-7-6-14-25-20(22-23-24-25)16-8-4-3-5-9-16/h3-5,8-13H,2,6-7,14-15H2,1H3,(H,21,26). The number of hydrogen-bond acceptors (Lipinski definition) is 5. The first-order valence-electron chi connectivity index (χ1n) is 9.10. The topological polar surface area (TPSA) is 81.9 Å². The van der Waals surface area contributed by atoms with Crippen LogP contribution >= 0.6 is 0 Å². The molecule has 0 radical (unpaired) electrons. The van der Waals surface area contributed by atoms with Crippen LogP contribution in [0.1, 0.15) is 26.2 Å². The molecule has 0 bridgehead atoms. The maximum absolute atomic E-state index is 11.4. The van der Waals surface area contributed by atoms with Crippen molar-refractivity contribution in [3.8, 4) is 17.1 Å². The van der Waals surface area contributed by atoms with Gasteiger partial charge in [0.25, 0.3) is 0 Å². The quantitative estimate of drug-likeness (QED) is 0.587. The molecule has 1 N–H and O–H groups in total. The molecule has 0 aliphatic rings. The smallest absolute Gasteiger partial charge is 0.224 e. The van der Waals surface area contributed by atoms with Gasteiger partial charge < -0.3 is 10.1 Å². The molecule has 0 saturated heterocycles. The summed E-state index contributed by atoms with van der Waals surface area (Å²) in [6.07, 6.45) is 2.27. The van der Waals surface area contributed by atoms with Crippen LogP contribution in [0.4, 0.5) is 5.69 Å². The first-order valence-corrected chi connectivity index (χ1v) is 9.10. The summed E-state index contributed by atoms with van der Waals surface area (Å²) in [5, 5.41) is 14.8. The van der Waals surface area contributed by atoms with Crippen molar-refractivity contribution in [1.82, 2.24) is 20.2 Å². The van der Waals surface area contributed by atoms with Gasteiger partial charge in [-0.2, -0.15) is 0 Å². The second-order valence-corrected chi connectivity index (χ2v) is 6.07. The molecule has 0 aliphatic carbocycles. The average molecular weight is 365 g/mol. The van der Waals surface area contributed by atoms with Crippen molar-refractivity contribution in [2.75, 3.05) is 11.9 Å². The van der Waals surface area contributed by atoms with Crippen molar-refractivity contribution in [3.63, 3.8) is 0 Å². The van der Waals surface area contributed by atoms with Gasteiger partial charge >= 0.3 is 0 Å². The van der Waals surface area contributed by atoms with Crippen molar-refractivity contribution in [2.24, 2.45) is 0 Å². The molecule has 3 rings (SSSR count). The van der Waals surface area contributed by atoms with Crippen molar-refractivity contribution >= 4 is 11.6 Å². The lowest BCUT2D eigenvalue weighted by atomic mass is 10.2. The monoisotopic (exact) mass is 365 g/mol. The molecule has 0 spiro atoms. The van der Waals surface area contributed by atoms with E-state index in [9.17, 15) is 4.79 Å². The van der Waals surface area contributed by atoms with E-state index in [0.717, 1.165) is 42.2 Å². The summed E-state index contributed by atoms with van der Waals surface area (Å²) in [7, 11) is 0. The number of anilines is 1. The van der Waals surface area contributed by atoms with Crippen molar-refractivity contribution in [2.45, 2.75) is 32.7 Å². The van der Waals surface area contributed by atoms with E-state index in [4.69, 9.17) is 4.74 Å². The minimum atomic E-state index is 0.00106. The summed E-state index contributed by atoms with van der Waals surface area (Å²) in [6.45, 7) is 3.18. The van der Waals surface area contributed by atoms with Gasteiger partial charge in [0.05, 0.1) is 6.61 Å². The number of unbranched alkanes of at least 4 members (excludes halogenated alkanes) is 1. The number of hydrogen-bond donors (Lipinski definition) is 1. The van der Waals surface area contributed by atoms with Gasteiger partial charge in [-0.25, -0.2) is 4.68 Å². The number of aryl methyl sites for hydroxylation is 1. The Bertz CT molecular complexity index is 846. The highest BCUT2D eigenvalue weighted by atomic mass is 16.5. The molecule has 3 aromatic rings. The third-order valence-electron chi connectivity index (χ3n) is 4.06. The molecule has 0 unspecified atom stereocenters. The summed E-state index contributed by atoms with van der Waals surface area (Å²) in [5.41, 5.74) is 1.79. The number of carbonyl (C=O) groups excluding carboxylic acids is 1. The number of nitrogens with zero attached hydrogens (tertiary/aromatic N) is 4. The van der Waals surface area contributed by atoms with Crippen LogP contribution in [-0.4, -0.2) is 32.7 Å². The van der Waals surface area contributed by atoms with E-state index in [2.05, 4.69) is 20.8 Å². The molecule has 1 amide bonds. The highest BCUT2D eigenvalue weighted by Gasteiger charge is 2.07. The van der Waals surface area contributed by atoms with E-state index in [-0.39, 0.29) is 5.91 Å². The fourth-order valence-electron chi connectivity index (χ4n) is 2.59. The van der Waals surface area contributed by atoms with E-state index in [0.29, 0.717) is 13.0 Å². The molecule has 0 saturated carbocycles. The fourth-order valence-corrected chi connectivity index (χ4v) is 2.59. The van der Waals surface area contributed by atoms with Crippen LogP contribution in [0.25, 0.3) is 11.4 Å². The third-order valence-corrected chi connectivity index (χ3v) is 4.06. The zero-order chi connectivity index (χ0) is 18.9. The SMILES string of the molecule is CCC(=O)Nc1ccc(OCCCCn2nnnc2-c2ccccc2)cc1. The molecule has 0 aliphatic heterocycles. The number of tetrazole rings is 1. The first kappa shape index (κ1) is 18.6. The molecule has 140 valence electrons. The van der Waals surface area contributed by atoms with Gasteiger partial charge in [-0.1, -0.05) is 37.3 Å². The Morgan fingerprint density at radius 2 is 1.85 bits per heavy atom. The number of amides is 1. The lowest BCUT2D eigenvalue weighted by molar-refractivity contribution is -0.115. The van der Waals surface area contributed by atoms with Crippen molar-refractivity contribution in [3.05, 3.63) is 54.6 Å². The molecule has 27 heavy (non-hydrogen) atoms. The highest BCUT2D eigenvalue weighted by Crippen LogP contribution is 2.17. The molecule has 0 atom stereocenters. The molecule has 1 heterocycles. The molecular weight excluding hydrogens is 342 g/mol. The van der Waals surface area contributed by atoms with E-state index in [1.807, 2.05) is 66.2 Å². The van der Waals surface area contributed by atoms with Gasteiger partial charge in [0, 0.05) is 24.2 Å². The van der Waals surface area contributed by atoms with Crippen LogP contribution in [0.2, 0.25) is 0 Å². The van der Waals surface area contributed by atoms with Gasteiger partial charge in [-0.05, 0) is 47.5 Å². The van der Waals surface area contributed by atoms with Gasteiger partial charge in [0.2, 0.25) is 5.91 Å². The van der Waals surface area contributed by atoms with Crippen LogP contribution < -0.4 is 10.1 Å². The van der Waals surface area contributed by atoms with E-state index >= 15 is 0 Å². The van der Waals surface area contributed by atoms with Gasteiger partial charge in [-0.15, -0.1) is 5.10 Å². The number of nitrogens with one attached hydrogen (secondary N) is 1. The lowest BCUT2D eigenvalue weighted by Gasteiger charge is -2.08. The van der Waals surface area contributed by atoms with Crippen LogP contribution in [-0.2, 0) is 11.3 Å². The molecule has 7 nitrogen and oxygen atoms in total. The third kappa shape index (κ3) is 5.37. The van der Waals surface area contributed by atoms with Crippen LogP contribution in [0, 0.1) is 0 Å². The Hall–Kier alpha value is -3.22. The Morgan fingerprint density at radius 3 is 2.59 bits per heavy atom. The average Bonchev–Trinajstić information content (AvgIpc) is 3.18. The maximum Gasteiger partial charge on any atom is 0.224 e. The fraction of sp³-hybridized carbons (Fsp3) is 0.300. The van der Waals surface area contributed by atoms with Crippen molar-refractivity contribution < 1.29 is 9.53 Å². The minimum Gasteiger partial charge on any atom is -0.494 e. The zero-order valence-electron chi connectivity index (χ0n) is 15.3. The van der Waals surface area contributed by atoms with Crippen LogP contribution in [0.3, 0.4) is 0 Å². The first-order chi connectivity index (χ1) is 13.3. The van der Waals surface area contributed by atoms with Gasteiger partial charge in [0.1, 0.15) is 5.75 Å². The van der Waals surface area contributed by atoms with Crippen LogP contribution in [0.5, 0.6) is 5.75 Å². The number of benzene rings is 2. The summed E-state index contributed by atoms with van der Waals surface area (Å²) in [4.78, 5) is 11.4. The summed E-state index contributed by atoms with van der Waals surface area (Å²) in [5.74, 6) is 1.57. The number of ether oxygens (including phenoxy) is 1. The summed E-state index contributed by atoms with van der Waals surface area (Å²) in [6, 6.07) is 17.3. The maximum atomic E-state index is 11.4. The molecule has 1 aromatic heterocycles. The summed E-state index contributed by atoms with van der Waals surface area (Å²) >= 11 is 0. The van der Waals surface area contributed by atoms with Crippen LogP contribution in [0.15, 0.2) is 54.6 Å². The number of rotatable bonds is 9. The Kier molecular flexibility index (Phi) is 6.51. The Balaban J connectivity index is 1.41. The molecule has 2 aromatic carbocycles. The van der Waals surface area contributed by atoms with E-state index in [1.54, 1.807) is 0 Å². The molecule has 7 heteroatoms. The second-order valence-electron chi connectivity index (χ2n) is 6.07. The Labute approximate surface area is 158 Å². The predicted octanol–water partition coefficient (Wildman–Crippen LogP) is 3.55. The second kappa shape index (κ2) is 9.47. The predicted molar refractivity (Wildman–Crippen MR) is 103 cm³/mol. The van der Waals surface area contributed by atoms with Gasteiger partial charge in [0.15, 0.2) is 5.82 Å². The number of aromatic nitrogens is 4. The highest BCUT2D eigenvalue weighted by molar-refractivity contribution is 5.90. The zero-order valence-corrected chi connectivity index (χ0v) is 15.3. The minimum absolute atomic E-state index is 0.00106. The summed E-state index contributed by atoms with van der Waals surface area (Å²) < 4.78 is 7.57. The lowest BCUT2D eigenvalue weighted by Crippen LogP contribution is -2.09. The van der Waals surface area contributed by atoms with Crippen molar-refractivity contribution in [1.29, 1.82) is 0 Å². The number of carbonyl (C=O) groups is 1. The Morgan fingerprint density at radius 1 is 1.07 bits per heavy atom. The normalized spacial score (nSPS) is 10.6. The largest absolute Gasteiger partial charge is 0.494 e. The van der Waals surface area contributed by atoms with E-state index in [1.165, 1.54) is 0 Å². The molecular formula is C20H23N5O2.